The molecule has 0 bridgehead atoms. The molecule has 156 valence electrons. The molecule has 28 heavy (non-hydrogen) atoms. The van der Waals surface area contributed by atoms with E-state index in [1.807, 2.05) is 13.8 Å². The van der Waals surface area contributed by atoms with E-state index >= 15 is 0 Å². The molecule has 0 spiro atoms. The predicted molar refractivity (Wildman–Crippen MR) is 109 cm³/mol. The number of hydrogen-bond acceptors (Lipinski definition) is 4. The number of nitrogens with one attached hydrogen (secondary N) is 1. The van der Waals surface area contributed by atoms with Crippen molar-refractivity contribution in [3.63, 3.8) is 0 Å². The minimum absolute atomic E-state index is 0.0579. The normalized spacial score (nSPS) is 20.1. The number of amides is 1. The number of rotatable bonds is 5. The summed E-state index contributed by atoms with van der Waals surface area (Å²) in [5.41, 5.74) is 1.92. The quantitative estimate of drug-likeness (QED) is 0.812. The molecule has 1 aliphatic carbocycles. The lowest BCUT2D eigenvalue weighted by atomic mass is 9.88. The SMILES string of the molecule is COc1cc(C)c(C)cc1S(=O)(=O)N1CCC(NC(=O)C2CCCCC2)CC1. The summed E-state index contributed by atoms with van der Waals surface area (Å²) in [5, 5.41) is 3.15. The number of hydrogen-bond donors (Lipinski definition) is 1. The summed E-state index contributed by atoms with van der Waals surface area (Å²) in [7, 11) is -2.12. The van der Waals surface area contributed by atoms with Crippen LogP contribution < -0.4 is 10.1 Å². The Hall–Kier alpha value is -1.60. The molecule has 1 heterocycles. The molecule has 1 saturated heterocycles. The summed E-state index contributed by atoms with van der Waals surface area (Å²) in [6.07, 6.45) is 6.73. The molecule has 0 radical (unpaired) electrons. The van der Waals surface area contributed by atoms with Crippen LogP contribution in [0.4, 0.5) is 0 Å². The Morgan fingerprint density at radius 2 is 1.64 bits per heavy atom. The average Bonchev–Trinajstić information content (AvgIpc) is 2.70. The second kappa shape index (κ2) is 8.82. The van der Waals surface area contributed by atoms with Gasteiger partial charge in [-0.2, -0.15) is 4.31 Å². The van der Waals surface area contributed by atoms with Crippen molar-refractivity contribution < 1.29 is 17.9 Å². The average molecular weight is 409 g/mol. The van der Waals surface area contributed by atoms with Crippen LogP contribution in [0.3, 0.4) is 0 Å². The number of aryl methyl sites for hydroxylation is 2. The molecule has 3 rings (SSSR count). The third-order valence-electron chi connectivity index (χ3n) is 6.17. The van der Waals surface area contributed by atoms with Gasteiger partial charge in [-0.15, -0.1) is 0 Å². The minimum atomic E-state index is -3.62. The van der Waals surface area contributed by atoms with Gasteiger partial charge >= 0.3 is 0 Å². The topological polar surface area (TPSA) is 75.7 Å². The van der Waals surface area contributed by atoms with Crippen LogP contribution in [0.1, 0.15) is 56.1 Å². The van der Waals surface area contributed by atoms with E-state index in [9.17, 15) is 13.2 Å². The third-order valence-corrected chi connectivity index (χ3v) is 8.09. The van der Waals surface area contributed by atoms with Crippen LogP contribution >= 0.6 is 0 Å². The van der Waals surface area contributed by atoms with Gasteiger partial charge < -0.3 is 10.1 Å². The molecular weight excluding hydrogens is 376 g/mol. The standard InChI is InChI=1S/C21H32N2O4S/c1-15-13-19(27-3)20(14-16(15)2)28(25,26)23-11-9-18(10-12-23)22-21(24)17-7-5-4-6-8-17/h13-14,17-18H,4-12H2,1-3H3,(H,22,24). The monoisotopic (exact) mass is 408 g/mol. The number of piperidine rings is 1. The van der Waals surface area contributed by atoms with Gasteiger partial charge in [0.2, 0.25) is 15.9 Å². The first-order valence-corrected chi connectivity index (χ1v) is 11.7. The maximum atomic E-state index is 13.2. The van der Waals surface area contributed by atoms with E-state index in [4.69, 9.17) is 4.74 Å². The Bertz CT molecular complexity index is 808. The van der Waals surface area contributed by atoms with Gasteiger partial charge in [0, 0.05) is 25.0 Å². The number of sulfonamides is 1. The Morgan fingerprint density at radius 1 is 1.04 bits per heavy atom. The molecule has 1 aromatic rings. The molecule has 6 nitrogen and oxygen atoms in total. The molecule has 1 aromatic carbocycles. The van der Waals surface area contributed by atoms with Crippen LogP contribution in [-0.4, -0.2) is 44.9 Å². The van der Waals surface area contributed by atoms with Gasteiger partial charge in [0.1, 0.15) is 10.6 Å². The molecule has 2 aliphatic rings. The van der Waals surface area contributed by atoms with Crippen LogP contribution in [0.15, 0.2) is 17.0 Å². The number of benzene rings is 1. The van der Waals surface area contributed by atoms with E-state index < -0.39 is 10.0 Å². The third kappa shape index (κ3) is 4.51. The molecular formula is C21H32N2O4S. The molecule has 0 unspecified atom stereocenters. The Morgan fingerprint density at radius 3 is 2.25 bits per heavy atom. The van der Waals surface area contributed by atoms with Crippen molar-refractivity contribution in [3.8, 4) is 5.75 Å². The maximum absolute atomic E-state index is 13.2. The fourth-order valence-electron chi connectivity index (χ4n) is 4.19. The van der Waals surface area contributed by atoms with Gasteiger partial charge in [-0.1, -0.05) is 19.3 Å². The highest BCUT2D eigenvalue weighted by Crippen LogP contribution is 2.31. The van der Waals surface area contributed by atoms with E-state index in [-0.39, 0.29) is 22.8 Å². The largest absolute Gasteiger partial charge is 0.495 e. The van der Waals surface area contributed by atoms with Crippen LogP contribution in [-0.2, 0) is 14.8 Å². The smallest absolute Gasteiger partial charge is 0.246 e. The number of ether oxygens (including phenoxy) is 1. The predicted octanol–water partition coefficient (Wildman–Crippen LogP) is 3.16. The maximum Gasteiger partial charge on any atom is 0.246 e. The highest BCUT2D eigenvalue weighted by atomic mass is 32.2. The van der Waals surface area contributed by atoms with Crippen molar-refractivity contribution in [2.24, 2.45) is 5.92 Å². The molecule has 1 saturated carbocycles. The first kappa shape index (κ1) is 21.1. The summed E-state index contributed by atoms with van der Waals surface area (Å²) in [5.74, 6) is 0.669. The van der Waals surface area contributed by atoms with Gasteiger partial charge in [0.05, 0.1) is 7.11 Å². The van der Waals surface area contributed by atoms with E-state index in [0.717, 1.165) is 36.8 Å². The molecule has 1 amide bonds. The first-order valence-electron chi connectivity index (χ1n) is 10.3. The van der Waals surface area contributed by atoms with Gasteiger partial charge in [-0.05, 0) is 62.8 Å². The lowest BCUT2D eigenvalue weighted by Gasteiger charge is -2.33. The zero-order chi connectivity index (χ0) is 20.3. The van der Waals surface area contributed by atoms with Crippen molar-refractivity contribution in [3.05, 3.63) is 23.3 Å². The van der Waals surface area contributed by atoms with E-state index in [1.54, 1.807) is 12.1 Å². The van der Waals surface area contributed by atoms with Crippen LogP contribution in [0, 0.1) is 19.8 Å². The first-order chi connectivity index (χ1) is 13.3. The summed E-state index contributed by atoms with van der Waals surface area (Å²) in [6.45, 7) is 4.66. The van der Waals surface area contributed by atoms with Gasteiger partial charge in [-0.3, -0.25) is 4.79 Å². The molecule has 2 fully saturated rings. The molecule has 1 aliphatic heterocycles. The summed E-state index contributed by atoms with van der Waals surface area (Å²) >= 11 is 0. The molecule has 1 N–H and O–H groups in total. The lowest BCUT2D eigenvalue weighted by molar-refractivity contribution is -0.126. The van der Waals surface area contributed by atoms with Crippen molar-refractivity contribution in [2.45, 2.75) is 69.7 Å². The summed E-state index contributed by atoms with van der Waals surface area (Å²) in [4.78, 5) is 12.7. The minimum Gasteiger partial charge on any atom is -0.495 e. The highest BCUT2D eigenvalue weighted by molar-refractivity contribution is 7.89. The van der Waals surface area contributed by atoms with Crippen molar-refractivity contribution >= 4 is 15.9 Å². The second-order valence-corrected chi connectivity index (χ2v) is 10.0. The van der Waals surface area contributed by atoms with Gasteiger partial charge in [-0.25, -0.2) is 8.42 Å². The van der Waals surface area contributed by atoms with E-state index in [2.05, 4.69) is 5.32 Å². The van der Waals surface area contributed by atoms with E-state index in [1.165, 1.54) is 17.8 Å². The zero-order valence-electron chi connectivity index (χ0n) is 17.2. The Labute approximate surface area is 168 Å². The van der Waals surface area contributed by atoms with Gasteiger partial charge in [0.15, 0.2) is 0 Å². The number of carbonyl (C=O) groups is 1. The summed E-state index contributed by atoms with van der Waals surface area (Å²) in [6, 6.07) is 3.53. The number of carbonyl (C=O) groups excluding carboxylic acids is 1. The van der Waals surface area contributed by atoms with Crippen molar-refractivity contribution in [1.82, 2.24) is 9.62 Å². The van der Waals surface area contributed by atoms with Crippen LogP contribution in [0.25, 0.3) is 0 Å². The van der Waals surface area contributed by atoms with Crippen LogP contribution in [0.5, 0.6) is 5.75 Å². The Kier molecular flexibility index (Phi) is 6.65. The lowest BCUT2D eigenvalue weighted by Crippen LogP contribution is -2.48. The molecule has 7 heteroatoms. The molecule has 0 atom stereocenters. The number of methoxy groups -OCH3 is 1. The van der Waals surface area contributed by atoms with E-state index in [0.29, 0.717) is 31.7 Å². The summed E-state index contributed by atoms with van der Waals surface area (Å²) < 4.78 is 33.2. The fraction of sp³-hybridized carbons (Fsp3) is 0.667. The van der Waals surface area contributed by atoms with Crippen molar-refractivity contribution in [2.75, 3.05) is 20.2 Å². The number of nitrogens with zero attached hydrogens (tertiary/aromatic N) is 1. The van der Waals surface area contributed by atoms with Gasteiger partial charge in [0.25, 0.3) is 0 Å². The van der Waals surface area contributed by atoms with Crippen molar-refractivity contribution in [1.29, 1.82) is 0 Å². The Balaban J connectivity index is 1.64. The molecule has 0 aromatic heterocycles. The fourth-order valence-corrected chi connectivity index (χ4v) is 5.88. The highest BCUT2D eigenvalue weighted by Gasteiger charge is 2.33. The van der Waals surface area contributed by atoms with Crippen LogP contribution in [0.2, 0.25) is 0 Å². The zero-order valence-corrected chi connectivity index (χ0v) is 18.0. The second-order valence-electron chi connectivity index (χ2n) is 8.11.